The summed E-state index contributed by atoms with van der Waals surface area (Å²) in [7, 11) is 0. The van der Waals surface area contributed by atoms with Gasteiger partial charge in [-0.2, -0.15) is 0 Å². The summed E-state index contributed by atoms with van der Waals surface area (Å²) >= 11 is 2.79. The Kier molecular flexibility index (Phi) is 5.65. The molecule has 0 bridgehead atoms. The fraction of sp³-hybridized carbons (Fsp3) is 0.769. The van der Waals surface area contributed by atoms with E-state index in [2.05, 4.69) is 17.1 Å². The van der Waals surface area contributed by atoms with Crippen LogP contribution in [0.4, 0.5) is 5.13 Å². The molecule has 0 unspecified atom stereocenters. The highest BCUT2D eigenvalue weighted by Crippen LogP contribution is 2.30. The largest absolute Gasteiger partial charge is 0.374 e. The van der Waals surface area contributed by atoms with E-state index in [1.165, 1.54) is 42.4 Å². The predicted octanol–water partition coefficient (Wildman–Crippen LogP) is 2.78. The number of nitrogens with zero attached hydrogens (tertiary/aromatic N) is 3. The van der Waals surface area contributed by atoms with Gasteiger partial charge in [0.1, 0.15) is 0 Å². The average Bonchev–Trinajstić information content (AvgIpc) is 2.86. The van der Waals surface area contributed by atoms with E-state index in [0.717, 1.165) is 23.7 Å². The number of hydrogen-bond donors (Lipinski definition) is 1. The second kappa shape index (κ2) is 7.26. The van der Waals surface area contributed by atoms with Gasteiger partial charge in [-0.1, -0.05) is 42.4 Å². The molecule has 1 atom stereocenters. The molecule has 1 aliphatic carbocycles. The van der Waals surface area contributed by atoms with Crippen LogP contribution in [0, 0.1) is 0 Å². The zero-order chi connectivity index (χ0) is 14.5. The molecule has 1 aromatic rings. The molecule has 0 aliphatic heterocycles. The zero-order valence-electron chi connectivity index (χ0n) is 12.0. The fourth-order valence-corrected chi connectivity index (χ4v) is 4.54. The molecule has 0 saturated heterocycles. The second-order valence-electron chi connectivity index (χ2n) is 5.08. The van der Waals surface area contributed by atoms with Crippen molar-refractivity contribution < 1.29 is 4.79 Å². The highest BCUT2D eigenvalue weighted by molar-refractivity contribution is 8.02. The summed E-state index contributed by atoms with van der Waals surface area (Å²) in [5, 5.41) is 8.07. The molecule has 1 aromatic heterocycles. The monoisotopic (exact) mass is 314 g/mol. The van der Waals surface area contributed by atoms with Crippen molar-refractivity contribution in [1.82, 2.24) is 15.1 Å². The summed E-state index contributed by atoms with van der Waals surface area (Å²) in [6, 6.07) is 0.420. The van der Waals surface area contributed by atoms with Crippen LogP contribution in [0.1, 0.15) is 46.0 Å². The van der Waals surface area contributed by atoms with Gasteiger partial charge in [0.05, 0.1) is 5.25 Å². The first-order valence-corrected chi connectivity index (χ1v) is 8.87. The van der Waals surface area contributed by atoms with Crippen LogP contribution >= 0.6 is 23.1 Å². The van der Waals surface area contributed by atoms with E-state index in [0.29, 0.717) is 11.2 Å². The third-order valence-electron chi connectivity index (χ3n) is 3.69. The Hall–Kier alpha value is -0.820. The normalized spacial score (nSPS) is 17.9. The maximum Gasteiger partial charge on any atom is 0.236 e. The molecular weight excluding hydrogens is 292 g/mol. The number of amides is 1. The lowest BCUT2D eigenvalue weighted by Gasteiger charge is -2.35. The van der Waals surface area contributed by atoms with Gasteiger partial charge in [0.25, 0.3) is 0 Å². The summed E-state index contributed by atoms with van der Waals surface area (Å²) in [5.41, 5.74) is 5.57. The number of anilines is 1. The summed E-state index contributed by atoms with van der Waals surface area (Å²) in [4.78, 5) is 14.7. The lowest BCUT2D eigenvalue weighted by molar-refractivity contribution is -0.133. The van der Waals surface area contributed by atoms with Gasteiger partial charge in [-0.3, -0.25) is 4.79 Å². The lowest BCUT2D eigenvalue weighted by Crippen LogP contribution is -2.44. The number of nitrogens with two attached hydrogens (primary N) is 1. The van der Waals surface area contributed by atoms with Gasteiger partial charge in [-0.25, -0.2) is 0 Å². The van der Waals surface area contributed by atoms with E-state index in [-0.39, 0.29) is 11.2 Å². The number of carbonyl (C=O) groups is 1. The summed E-state index contributed by atoms with van der Waals surface area (Å²) in [5.74, 6) is 0.207. The van der Waals surface area contributed by atoms with Crippen molar-refractivity contribution in [3.8, 4) is 0 Å². The molecule has 1 aliphatic rings. The maximum absolute atomic E-state index is 12.6. The molecule has 1 heterocycles. The highest BCUT2D eigenvalue weighted by Gasteiger charge is 2.28. The summed E-state index contributed by atoms with van der Waals surface area (Å²) in [6.07, 6.45) is 6.06. The van der Waals surface area contributed by atoms with E-state index >= 15 is 0 Å². The van der Waals surface area contributed by atoms with E-state index < -0.39 is 0 Å². The van der Waals surface area contributed by atoms with Gasteiger partial charge in [0.2, 0.25) is 11.0 Å². The van der Waals surface area contributed by atoms with E-state index in [1.807, 2.05) is 11.8 Å². The molecule has 2 rings (SSSR count). The molecule has 0 radical (unpaired) electrons. The van der Waals surface area contributed by atoms with Crippen LogP contribution in [-0.4, -0.2) is 38.8 Å². The molecule has 2 N–H and O–H groups in total. The van der Waals surface area contributed by atoms with Crippen molar-refractivity contribution in [3.05, 3.63) is 0 Å². The highest BCUT2D eigenvalue weighted by atomic mass is 32.2. The SMILES string of the molecule is CCN(C(=O)[C@H](C)Sc1nnc(N)s1)C1CCCCC1. The topological polar surface area (TPSA) is 72.1 Å². The van der Waals surface area contributed by atoms with Crippen LogP contribution in [-0.2, 0) is 4.79 Å². The van der Waals surface area contributed by atoms with Gasteiger partial charge in [0.15, 0.2) is 4.34 Å². The van der Waals surface area contributed by atoms with Crippen LogP contribution in [0.2, 0.25) is 0 Å². The van der Waals surface area contributed by atoms with Gasteiger partial charge >= 0.3 is 0 Å². The van der Waals surface area contributed by atoms with Crippen molar-refractivity contribution in [1.29, 1.82) is 0 Å². The van der Waals surface area contributed by atoms with Crippen LogP contribution < -0.4 is 5.73 Å². The Labute approximate surface area is 128 Å². The number of thioether (sulfide) groups is 1. The Morgan fingerprint density at radius 3 is 2.70 bits per heavy atom. The Balaban J connectivity index is 1.96. The number of aromatic nitrogens is 2. The van der Waals surface area contributed by atoms with Crippen LogP contribution in [0.15, 0.2) is 4.34 Å². The molecule has 1 saturated carbocycles. The number of carbonyl (C=O) groups excluding carboxylic acids is 1. The third-order valence-corrected chi connectivity index (χ3v) is 5.61. The standard InChI is InChI=1S/C13H22N4OS2/c1-3-17(10-7-5-4-6-8-10)11(18)9(2)19-13-16-15-12(14)20-13/h9-10H,3-8H2,1-2H3,(H2,14,15)/t9-/m0/s1. The summed E-state index contributed by atoms with van der Waals surface area (Å²) in [6.45, 7) is 4.79. The average molecular weight is 314 g/mol. The van der Waals surface area contributed by atoms with E-state index in [9.17, 15) is 4.79 Å². The smallest absolute Gasteiger partial charge is 0.236 e. The summed E-state index contributed by atoms with van der Waals surface area (Å²) < 4.78 is 0.767. The van der Waals surface area contributed by atoms with Crippen molar-refractivity contribution >= 4 is 34.1 Å². The van der Waals surface area contributed by atoms with Crippen molar-refractivity contribution in [3.63, 3.8) is 0 Å². The number of rotatable bonds is 5. The van der Waals surface area contributed by atoms with Crippen LogP contribution in [0.5, 0.6) is 0 Å². The minimum atomic E-state index is -0.135. The van der Waals surface area contributed by atoms with Crippen LogP contribution in [0.25, 0.3) is 0 Å². The fourth-order valence-electron chi connectivity index (χ4n) is 2.69. The number of hydrogen-bond acceptors (Lipinski definition) is 6. The molecule has 112 valence electrons. The van der Waals surface area contributed by atoms with E-state index in [1.54, 1.807) is 0 Å². The minimum Gasteiger partial charge on any atom is -0.374 e. The van der Waals surface area contributed by atoms with Gasteiger partial charge < -0.3 is 10.6 Å². The lowest BCUT2D eigenvalue weighted by atomic mass is 9.94. The first-order chi connectivity index (χ1) is 9.61. The zero-order valence-corrected chi connectivity index (χ0v) is 13.7. The van der Waals surface area contributed by atoms with Gasteiger partial charge in [-0.05, 0) is 26.7 Å². The van der Waals surface area contributed by atoms with Crippen LogP contribution in [0.3, 0.4) is 0 Å². The Morgan fingerprint density at radius 2 is 2.15 bits per heavy atom. The minimum absolute atomic E-state index is 0.135. The molecule has 5 nitrogen and oxygen atoms in total. The Morgan fingerprint density at radius 1 is 1.45 bits per heavy atom. The first kappa shape index (κ1) is 15.6. The van der Waals surface area contributed by atoms with Crippen molar-refractivity contribution in [2.45, 2.75) is 61.6 Å². The molecule has 0 spiro atoms. The number of nitrogen functional groups attached to an aromatic ring is 1. The molecule has 1 fully saturated rings. The molecule has 0 aromatic carbocycles. The molecular formula is C13H22N4OS2. The quantitative estimate of drug-likeness (QED) is 0.846. The second-order valence-corrected chi connectivity index (χ2v) is 7.68. The molecule has 20 heavy (non-hydrogen) atoms. The van der Waals surface area contributed by atoms with Gasteiger partial charge in [0, 0.05) is 12.6 Å². The molecule has 7 heteroatoms. The van der Waals surface area contributed by atoms with Crippen molar-refractivity contribution in [2.24, 2.45) is 0 Å². The Bertz CT molecular complexity index is 445. The van der Waals surface area contributed by atoms with Gasteiger partial charge in [-0.15, -0.1) is 10.2 Å². The van der Waals surface area contributed by atoms with Crippen molar-refractivity contribution in [2.75, 3.05) is 12.3 Å². The third kappa shape index (κ3) is 3.85. The van der Waals surface area contributed by atoms with E-state index in [4.69, 9.17) is 5.73 Å². The predicted molar refractivity (Wildman–Crippen MR) is 83.9 cm³/mol. The first-order valence-electron chi connectivity index (χ1n) is 7.18. The maximum atomic E-state index is 12.6. The molecule has 1 amide bonds.